The molecule has 1 fully saturated rings. The Balaban J connectivity index is 2.22. The van der Waals surface area contributed by atoms with Crippen LogP contribution >= 0.6 is 23.4 Å². The van der Waals surface area contributed by atoms with Gasteiger partial charge in [-0.25, -0.2) is 13.1 Å². The summed E-state index contributed by atoms with van der Waals surface area (Å²) in [5.41, 5.74) is 6.33. The van der Waals surface area contributed by atoms with Crippen LogP contribution in [0.1, 0.15) is 31.7 Å². The van der Waals surface area contributed by atoms with Gasteiger partial charge >= 0.3 is 0 Å². The van der Waals surface area contributed by atoms with Crippen molar-refractivity contribution >= 4 is 33.4 Å². The highest BCUT2D eigenvalue weighted by molar-refractivity contribution is 8.00. The molecule has 2 unspecified atom stereocenters. The molecule has 118 valence electrons. The predicted octanol–water partition coefficient (Wildman–Crippen LogP) is 2.75. The summed E-state index contributed by atoms with van der Waals surface area (Å²) in [5, 5.41) is 0.582. The highest BCUT2D eigenvalue weighted by Gasteiger charge is 2.32. The summed E-state index contributed by atoms with van der Waals surface area (Å²) in [4.78, 5) is 0.124. The predicted molar refractivity (Wildman–Crippen MR) is 89.2 cm³/mol. The van der Waals surface area contributed by atoms with E-state index in [1.165, 1.54) is 0 Å². The van der Waals surface area contributed by atoms with Crippen LogP contribution in [0.5, 0.6) is 0 Å². The average molecular weight is 349 g/mol. The number of hydrogen-bond donors (Lipinski definition) is 2. The van der Waals surface area contributed by atoms with E-state index in [1.807, 2.05) is 11.8 Å². The standard InChI is InChI=1S/C14H21ClN2O2S2/c1-2-20-13-5-3-4-12(13)17-21(18,19)14-8-10(9-16)6-7-11(14)15/h6-8,12-13,17H,2-5,9,16H2,1H3. The summed E-state index contributed by atoms with van der Waals surface area (Å²) in [6.07, 6.45) is 2.99. The van der Waals surface area contributed by atoms with Crippen LogP contribution in [0.2, 0.25) is 5.02 Å². The van der Waals surface area contributed by atoms with Gasteiger partial charge in [0.1, 0.15) is 4.90 Å². The van der Waals surface area contributed by atoms with E-state index >= 15 is 0 Å². The Morgan fingerprint density at radius 1 is 1.43 bits per heavy atom. The molecule has 0 spiro atoms. The van der Waals surface area contributed by atoms with Gasteiger partial charge in [0, 0.05) is 17.8 Å². The fourth-order valence-electron chi connectivity index (χ4n) is 2.62. The van der Waals surface area contributed by atoms with E-state index < -0.39 is 10.0 Å². The summed E-state index contributed by atoms with van der Waals surface area (Å²) >= 11 is 7.87. The molecule has 1 saturated carbocycles. The zero-order chi connectivity index (χ0) is 15.5. The highest BCUT2D eigenvalue weighted by Crippen LogP contribution is 2.32. The van der Waals surface area contributed by atoms with Crippen LogP contribution < -0.4 is 10.5 Å². The molecule has 0 aliphatic heterocycles. The first kappa shape index (κ1) is 17.1. The van der Waals surface area contributed by atoms with Crippen molar-refractivity contribution < 1.29 is 8.42 Å². The maximum atomic E-state index is 12.6. The first-order valence-electron chi connectivity index (χ1n) is 7.10. The lowest BCUT2D eigenvalue weighted by Gasteiger charge is -2.20. The fraction of sp³-hybridized carbons (Fsp3) is 0.571. The normalized spacial score (nSPS) is 22.6. The van der Waals surface area contributed by atoms with Crippen molar-refractivity contribution in [3.05, 3.63) is 28.8 Å². The van der Waals surface area contributed by atoms with E-state index in [9.17, 15) is 8.42 Å². The smallest absolute Gasteiger partial charge is 0.242 e. The average Bonchev–Trinajstić information content (AvgIpc) is 2.86. The molecule has 0 radical (unpaired) electrons. The second-order valence-electron chi connectivity index (χ2n) is 5.12. The van der Waals surface area contributed by atoms with Crippen molar-refractivity contribution in [1.82, 2.24) is 4.72 Å². The Hall–Kier alpha value is -0.270. The monoisotopic (exact) mass is 348 g/mol. The van der Waals surface area contributed by atoms with Gasteiger partial charge in [-0.1, -0.05) is 31.0 Å². The van der Waals surface area contributed by atoms with Crippen molar-refractivity contribution in [3.63, 3.8) is 0 Å². The minimum absolute atomic E-state index is 0.0162. The number of benzene rings is 1. The molecule has 0 amide bonds. The summed E-state index contributed by atoms with van der Waals surface area (Å²) in [5.74, 6) is 0.992. The molecule has 21 heavy (non-hydrogen) atoms. The number of rotatable bonds is 6. The SMILES string of the molecule is CCSC1CCCC1NS(=O)(=O)c1cc(CN)ccc1Cl. The Morgan fingerprint density at radius 3 is 2.86 bits per heavy atom. The number of hydrogen-bond acceptors (Lipinski definition) is 4. The summed E-state index contributed by atoms with van der Waals surface area (Å²) in [6.45, 7) is 2.38. The fourth-order valence-corrected chi connectivity index (χ4v) is 5.76. The third-order valence-corrected chi connectivity index (χ3v) is 6.96. The topological polar surface area (TPSA) is 72.2 Å². The first-order chi connectivity index (χ1) is 9.97. The first-order valence-corrected chi connectivity index (χ1v) is 10.0. The zero-order valence-corrected chi connectivity index (χ0v) is 14.4. The van der Waals surface area contributed by atoms with Gasteiger partial charge in [-0.3, -0.25) is 0 Å². The van der Waals surface area contributed by atoms with Gasteiger partial charge < -0.3 is 5.73 Å². The lowest BCUT2D eigenvalue weighted by molar-refractivity contribution is 0.555. The van der Waals surface area contributed by atoms with Crippen LogP contribution in [0.4, 0.5) is 0 Å². The second kappa shape index (κ2) is 7.33. The summed E-state index contributed by atoms with van der Waals surface area (Å²) < 4.78 is 28.0. The lowest BCUT2D eigenvalue weighted by Crippen LogP contribution is -2.38. The third-order valence-electron chi connectivity index (χ3n) is 3.66. The zero-order valence-electron chi connectivity index (χ0n) is 12.0. The van der Waals surface area contributed by atoms with E-state index in [-0.39, 0.29) is 22.5 Å². The van der Waals surface area contributed by atoms with Gasteiger partial charge in [-0.2, -0.15) is 11.8 Å². The van der Waals surface area contributed by atoms with Gasteiger partial charge in [0.05, 0.1) is 5.02 Å². The molecular formula is C14H21ClN2O2S2. The molecule has 2 atom stereocenters. The highest BCUT2D eigenvalue weighted by atomic mass is 35.5. The molecule has 0 heterocycles. The molecule has 1 aromatic rings. The molecule has 0 aromatic heterocycles. The van der Waals surface area contributed by atoms with E-state index in [2.05, 4.69) is 11.6 Å². The molecule has 2 rings (SSSR count). The number of halogens is 1. The van der Waals surface area contributed by atoms with Crippen molar-refractivity contribution in [3.8, 4) is 0 Å². The van der Waals surface area contributed by atoms with E-state index in [0.717, 1.165) is 30.6 Å². The van der Waals surface area contributed by atoms with E-state index in [0.29, 0.717) is 5.25 Å². The molecular weight excluding hydrogens is 328 g/mol. The van der Waals surface area contributed by atoms with Crippen LogP contribution in [-0.2, 0) is 16.6 Å². The van der Waals surface area contributed by atoms with E-state index in [4.69, 9.17) is 17.3 Å². The quantitative estimate of drug-likeness (QED) is 0.829. The molecule has 0 saturated heterocycles. The minimum Gasteiger partial charge on any atom is -0.326 e. The van der Waals surface area contributed by atoms with Crippen molar-refractivity contribution in [2.24, 2.45) is 5.73 Å². The lowest BCUT2D eigenvalue weighted by atomic mass is 10.2. The third kappa shape index (κ3) is 4.13. The number of sulfonamides is 1. The van der Waals surface area contributed by atoms with E-state index in [1.54, 1.807) is 18.2 Å². The van der Waals surface area contributed by atoms with Gasteiger partial charge in [0.15, 0.2) is 0 Å². The number of nitrogens with one attached hydrogen (secondary N) is 1. The Morgan fingerprint density at radius 2 is 2.19 bits per heavy atom. The number of nitrogens with two attached hydrogens (primary N) is 1. The van der Waals surface area contributed by atoms with Crippen LogP contribution in [0.3, 0.4) is 0 Å². The minimum atomic E-state index is -3.61. The van der Waals surface area contributed by atoms with Gasteiger partial charge in [0.25, 0.3) is 0 Å². The summed E-state index contributed by atoms with van der Waals surface area (Å²) in [6, 6.07) is 4.87. The van der Waals surface area contributed by atoms with Gasteiger partial charge in [-0.05, 0) is 36.3 Å². The van der Waals surface area contributed by atoms with Crippen LogP contribution in [0, 0.1) is 0 Å². The van der Waals surface area contributed by atoms with Crippen molar-refractivity contribution in [2.75, 3.05) is 5.75 Å². The molecule has 1 aromatic carbocycles. The Kier molecular flexibility index (Phi) is 5.96. The second-order valence-corrected chi connectivity index (χ2v) is 8.73. The molecule has 7 heteroatoms. The van der Waals surface area contributed by atoms with Crippen molar-refractivity contribution in [2.45, 2.75) is 48.9 Å². The Labute approximate surface area is 135 Å². The Bertz CT molecular complexity index is 593. The molecule has 0 bridgehead atoms. The molecule has 3 N–H and O–H groups in total. The van der Waals surface area contributed by atoms with Crippen molar-refractivity contribution in [1.29, 1.82) is 0 Å². The van der Waals surface area contributed by atoms with Crippen LogP contribution in [-0.4, -0.2) is 25.5 Å². The van der Waals surface area contributed by atoms with Crippen LogP contribution in [0.25, 0.3) is 0 Å². The van der Waals surface area contributed by atoms with Gasteiger partial charge in [-0.15, -0.1) is 0 Å². The molecule has 1 aliphatic rings. The maximum absolute atomic E-state index is 12.6. The van der Waals surface area contributed by atoms with Crippen LogP contribution in [0.15, 0.2) is 23.1 Å². The largest absolute Gasteiger partial charge is 0.326 e. The molecule has 4 nitrogen and oxygen atoms in total. The molecule has 1 aliphatic carbocycles. The number of thioether (sulfide) groups is 1. The maximum Gasteiger partial charge on any atom is 0.242 e. The van der Waals surface area contributed by atoms with Gasteiger partial charge in [0.2, 0.25) is 10.0 Å². The summed E-state index contributed by atoms with van der Waals surface area (Å²) in [7, 11) is -3.61.